The number of aromatic amines is 1. The zero-order valence-corrected chi connectivity index (χ0v) is 10.3. The zero-order chi connectivity index (χ0) is 12.7. The van der Waals surface area contributed by atoms with Crippen LogP contribution in [0.1, 0.15) is 0 Å². The van der Waals surface area contributed by atoms with Crippen molar-refractivity contribution in [2.45, 2.75) is 0 Å². The van der Waals surface area contributed by atoms with Crippen LogP contribution in [0.15, 0.2) is 67.0 Å². The fraction of sp³-hybridized carbons (Fsp3) is 0. The van der Waals surface area contributed by atoms with Crippen LogP contribution in [-0.2, 0) is 0 Å². The molecule has 0 amide bonds. The Hall–Kier alpha value is -2.61. The monoisotopic (exact) mass is 244 g/mol. The molecule has 2 nitrogen and oxygen atoms in total. The van der Waals surface area contributed by atoms with Gasteiger partial charge in [0.25, 0.3) is 0 Å². The molecule has 2 heterocycles. The fourth-order valence-electron chi connectivity index (χ4n) is 2.60. The molecule has 0 unspecified atom stereocenters. The first-order valence-corrected chi connectivity index (χ1v) is 6.33. The average Bonchev–Trinajstić information content (AvgIpc) is 2.87. The fourth-order valence-corrected chi connectivity index (χ4v) is 2.60. The molecular weight excluding hydrogens is 232 g/mol. The van der Waals surface area contributed by atoms with E-state index in [1.165, 1.54) is 16.3 Å². The van der Waals surface area contributed by atoms with E-state index in [2.05, 4.69) is 52.4 Å². The lowest BCUT2D eigenvalue weighted by Crippen LogP contribution is -1.82. The van der Waals surface area contributed by atoms with Gasteiger partial charge in [0.2, 0.25) is 0 Å². The SMILES string of the molecule is c1ccc(-c2cncc3c2[nH]c2ccccc23)cc1. The van der Waals surface area contributed by atoms with E-state index in [0.717, 1.165) is 16.6 Å². The molecule has 2 heteroatoms. The van der Waals surface area contributed by atoms with Crippen LogP contribution in [0.25, 0.3) is 32.9 Å². The predicted octanol–water partition coefficient (Wildman–Crippen LogP) is 4.38. The Morgan fingerprint density at radius 2 is 1.53 bits per heavy atom. The highest BCUT2D eigenvalue weighted by Crippen LogP contribution is 2.31. The highest BCUT2D eigenvalue weighted by atomic mass is 14.7. The third-order valence-electron chi connectivity index (χ3n) is 3.51. The van der Waals surface area contributed by atoms with E-state index in [4.69, 9.17) is 0 Å². The van der Waals surface area contributed by atoms with Crippen LogP contribution >= 0.6 is 0 Å². The highest BCUT2D eigenvalue weighted by Gasteiger charge is 2.09. The van der Waals surface area contributed by atoms with Gasteiger partial charge in [0.1, 0.15) is 0 Å². The van der Waals surface area contributed by atoms with Crippen LogP contribution in [-0.4, -0.2) is 9.97 Å². The van der Waals surface area contributed by atoms with Gasteiger partial charge in [-0.25, -0.2) is 0 Å². The molecule has 0 saturated carbocycles. The average molecular weight is 244 g/mol. The van der Waals surface area contributed by atoms with Gasteiger partial charge < -0.3 is 4.98 Å². The molecule has 0 aliphatic heterocycles. The second-order valence-electron chi connectivity index (χ2n) is 4.65. The first-order valence-electron chi connectivity index (χ1n) is 6.33. The summed E-state index contributed by atoms with van der Waals surface area (Å²) in [5.41, 5.74) is 4.64. The van der Waals surface area contributed by atoms with Crippen molar-refractivity contribution >= 4 is 21.8 Å². The van der Waals surface area contributed by atoms with Gasteiger partial charge in [-0.15, -0.1) is 0 Å². The minimum Gasteiger partial charge on any atom is -0.354 e. The number of rotatable bonds is 1. The van der Waals surface area contributed by atoms with Gasteiger partial charge in [0, 0.05) is 34.2 Å². The Bertz CT molecular complexity index is 860. The summed E-state index contributed by atoms with van der Waals surface area (Å²) in [5.74, 6) is 0. The number of hydrogen-bond donors (Lipinski definition) is 1. The molecule has 0 radical (unpaired) electrons. The number of para-hydroxylation sites is 1. The van der Waals surface area contributed by atoms with Crippen LogP contribution in [0.2, 0.25) is 0 Å². The summed E-state index contributed by atoms with van der Waals surface area (Å²) < 4.78 is 0. The smallest absolute Gasteiger partial charge is 0.0575 e. The van der Waals surface area contributed by atoms with E-state index >= 15 is 0 Å². The molecule has 4 rings (SSSR count). The topological polar surface area (TPSA) is 28.7 Å². The van der Waals surface area contributed by atoms with Crippen molar-refractivity contribution in [3.63, 3.8) is 0 Å². The Morgan fingerprint density at radius 3 is 2.42 bits per heavy atom. The van der Waals surface area contributed by atoms with Gasteiger partial charge in [-0.3, -0.25) is 4.98 Å². The van der Waals surface area contributed by atoms with Crippen LogP contribution in [0.4, 0.5) is 0 Å². The number of hydrogen-bond acceptors (Lipinski definition) is 1. The standard InChI is InChI=1S/C17H12N2/c1-2-6-12(7-3-1)14-10-18-11-15-13-8-4-5-9-16(13)19-17(14)15/h1-11,19H. The lowest BCUT2D eigenvalue weighted by molar-refractivity contribution is 1.36. The van der Waals surface area contributed by atoms with Crippen molar-refractivity contribution in [2.24, 2.45) is 0 Å². The van der Waals surface area contributed by atoms with Crippen molar-refractivity contribution in [3.05, 3.63) is 67.0 Å². The summed E-state index contributed by atoms with van der Waals surface area (Å²) in [6.45, 7) is 0. The Kier molecular flexibility index (Phi) is 2.15. The lowest BCUT2D eigenvalue weighted by atomic mass is 10.1. The minimum absolute atomic E-state index is 1.15. The minimum atomic E-state index is 1.15. The molecule has 1 N–H and O–H groups in total. The largest absolute Gasteiger partial charge is 0.354 e. The van der Waals surface area contributed by atoms with Gasteiger partial charge >= 0.3 is 0 Å². The Labute approximate surface area is 110 Å². The molecule has 0 bridgehead atoms. The normalized spacial score (nSPS) is 11.2. The Morgan fingerprint density at radius 1 is 0.737 bits per heavy atom. The molecule has 90 valence electrons. The van der Waals surface area contributed by atoms with E-state index in [9.17, 15) is 0 Å². The van der Waals surface area contributed by atoms with Gasteiger partial charge in [0.15, 0.2) is 0 Å². The number of nitrogens with one attached hydrogen (secondary N) is 1. The van der Waals surface area contributed by atoms with Gasteiger partial charge in [-0.2, -0.15) is 0 Å². The van der Waals surface area contributed by atoms with Crippen molar-refractivity contribution in [2.75, 3.05) is 0 Å². The highest BCUT2D eigenvalue weighted by molar-refractivity contribution is 6.11. The molecular formula is C17H12N2. The van der Waals surface area contributed by atoms with E-state index in [1.807, 2.05) is 24.5 Å². The number of benzene rings is 2. The van der Waals surface area contributed by atoms with Crippen LogP contribution in [0.5, 0.6) is 0 Å². The van der Waals surface area contributed by atoms with Crippen LogP contribution < -0.4 is 0 Å². The van der Waals surface area contributed by atoms with Crippen molar-refractivity contribution in [1.29, 1.82) is 0 Å². The van der Waals surface area contributed by atoms with Crippen LogP contribution in [0.3, 0.4) is 0 Å². The van der Waals surface area contributed by atoms with Gasteiger partial charge in [-0.1, -0.05) is 48.5 Å². The first-order chi connectivity index (χ1) is 9.43. The first kappa shape index (κ1) is 10.3. The van der Waals surface area contributed by atoms with E-state index in [-0.39, 0.29) is 0 Å². The maximum absolute atomic E-state index is 4.39. The number of aromatic nitrogens is 2. The quantitative estimate of drug-likeness (QED) is 0.528. The summed E-state index contributed by atoms with van der Waals surface area (Å²) in [6.07, 6.45) is 3.85. The molecule has 0 aliphatic rings. The van der Waals surface area contributed by atoms with E-state index in [1.54, 1.807) is 0 Å². The second kappa shape index (κ2) is 3.95. The summed E-state index contributed by atoms with van der Waals surface area (Å²) in [7, 11) is 0. The lowest BCUT2D eigenvalue weighted by Gasteiger charge is -2.02. The van der Waals surface area contributed by atoms with Gasteiger partial charge in [0.05, 0.1) is 5.52 Å². The third kappa shape index (κ3) is 1.54. The van der Waals surface area contributed by atoms with Crippen molar-refractivity contribution in [1.82, 2.24) is 9.97 Å². The number of pyridine rings is 1. The summed E-state index contributed by atoms with van der Waals surface area (Å²) >= 11 is 0. The molecule has 4 aromatic rings. The molecule has 2 aromatic carbocycles. The maximum atomic E-state index is 4.39. The molecule has 0 spiro atoms. The summed E-state index contributed by atoms with van der Waals surface area (Å²) in [4.78, 5) is 7.90. The molecule has 19 heavy (non-hydrogen) atoms. The molecule has 2 aromatic heterocycles. The van der Waals surface area contributed by atoms with Crippen molar-refractivity contribution < 1.29 is 0 Å². The number of H-pyrrole nitrogens is 1. The van der Waals surface area contributed by atoms with Crippen molar-refractivity contribution in [3.8, 4) is 11.1 Å². The third-order valence-corrected chi connectivity index (χ3v) is 3.51. The van der Waals surface area contributed by atoms with E-state index in [0.29, 0.717) is 0 Å². The maximum Gasteiger partial charge on any atom is 0.0575 e. The Balaban J connectivity index is 2.13. The number of fused-ring (bicyclic) bond motifs is 3. The second-order valence-corrected chi connectivity index (χ2v) is 4.65. The summed E-state index contributed by atoms with van der Waals surface area (Å²) in [5, 5.41) is 2.40. The molecule has 0 aliphatic carbocycles. The summed E-state index contributed by atoms with van der Waals surface area (Å²) in [6, 6.07) is 18.7. The predicted molar refractivity (Wildman–Crippen MR) is 79.0 cm³/mol. The zero-order valence-electron chi connectivity index (χ0n) is 10.3. The van der Waals surface area contributed by atoms with E-state index < -0.39 is 0 Å². The molecule has 0 fully saturated rings. The van der Waals surface area contributed by atoms with Gasteiger partial charge in [-0.05, 0) is 11.6 Å². The molecule has 0 saturated heterocycles. The van der Waals surface area contributed by atoms with Crippen LogP contribution in [0, 0.1) is 0 Å². The number of nitrogens with zero attached hydrogens (tertiary/aromatic N) is 1. The molecule has 0 atom stereocenters.